The van der Waals surface area contributed by atoms with Crippen molar-refractivity contribution in [3.05, 3.63) is 24.4 Å². The van der Waals surface area contributed by atoms with Crippen molar-refractivity contribution in [1.29, 1.82) is 0 Å². The highest BCUT2D eigenvalue weighted by Crippen LogP contribution is 2.18. The Morgan fingerprint density at radius 3 is 1.96 bits per heavy atom. The van der Waals surface area contributed by atoms with Crippen LogP contribution in [-0.4, -0.2) is 15.3 Å². The van der Waals surface area contributed by atoms with Gasteiger partial charge in [-0.25, -0.2) is 4.98 Å². The molecular formula is C21H34ClNO2S. The molecule has 0 amide bonds. The van der Waals surface area contributed by atoms with Gasteiger partial charge in [-0.1, -0.05) is 71.3 Å². The number of hydrogen-bond donors (Lipinski definition) is 0. The van der Waals surface area contributed by atoms with Crippen LogP contribution in [0.5, 0.6) is 0 Å². The van der Waals surface area contributed by atoms with Crippen molar-refractivity contribution < 1.29 is 9.59 Å². The van der Waals surface area contributed by atoms with Crippen LogP contribution in [0.15, 0.2) is 29.4 Å². The normalized spacial score (nSPS) is 10.1. The van der Waals surface area contributed by atoms with Gasteiger partial charge in [0.1, 0.15) is 5.03 Å². The number of hydrogen-bond acceptors (Lipinski definition) is 4. The van der Waals surface area contributed by atoms with Gasteiger partial charge in [-0.05, 0) is 48.3 Å². The summed E-state index contributed by atoms with van der Waals surface area (Å²) in [5, 5.41) is 0.841. The lowest BCUT2D eigenvalue weighted by Gasteiger charge is -2.00. The number of rotatable bonds is 13. The lowest BCUT2D eigenvalue weighted by atomic mass is 10.1. The van der Waals surface area contributed by atoms with Gasteiger partial charge < -0.3 is 0 Å². The summed E-state index contributed by atoms with van der Waals surface area (Å²) in [4.78, 5) is 25.9. The molecule has 0 aliphatic heterocycles. The van der Waals surface area contributed by atoms with E-state index in [0.717, 1.165) is 24.3 Å². The topological polar surface area (TPSA) is 47.0 Å². The highest BCUT2D eigenvalue weighted by atomic mass is 35.5. The first-order valence-electron chi connectivity index (χ1n) is 9.90. The summed E-state index contributed by atoms with van der Waals surface area (Å²) in [5.41, 5.74) is 0. The second kappa shape index (κ2) is 18.9. The van der Waals surface area contributed by atoms with Crippen LogP contribution in [-0.2, 0) is 9.59 Å². The Kier molecular flexibility index (Phi) is 18.3. The van der Waals surface area contributed by atoms with Crippen molar-refractivity contribution in [1.82, 2.24) is 4.98 Å². The van der Waals surface area contributed by atoms with Crippen molar-refractivity contribution in [3.63, 3.8) is 0 Å². The van der Waals surface area contributed by atoms with Gasteiger partial charge in [0.25, 0.3) is 0 Å². The van der Waals surface area contributed by atoms with Crippen LogP contribution < -0.4 is 0 Å². The van der Waals surface area contributed by atoms with Gasteiger partial charge in [-0.3, -0.25) is 9.59 Å². The Morgan fingerprint density at radius 1 is 0.885 bits per heavy atom. The van der Waals surface area contributed by atoms with Crippen LogP contribution in [0.25, 0.3) is 0 Å². The average Bonchev–Trinajstić information content (AvgIpc) is 2.62. The predicted molar refractivity (Wildman–Crippen MR) is 113 cm³/mol. The zero-order valence-corrected chi connectivity index (χ0v) is 17.9. The molecule has 0 atom stereocenters. The molecule has 0 unspecified atom stereocenters. The molecule has 1 aromatic rings. The summed E-state index contributed by atoms with van der Waals surface area (Å²) < 4.78 is 0. The first-order valence-corrected chi connectivity index (χ1v) is 11.1. The second-order valence-corrected chi connectivity index (χ2v) is 7.82. The van der Waals surface area contributed by atoms with Crippen molar-refractivity contribution in [2.75, 3.05) is 0 Å². The molecule has 5 heteroatoms. The third-order valence-electron chi connectivity index (χ3n) is 3.82. The van der Waals surface area contributed by atoms with E-state index in [1.54, 1.807) is 6.20 Å². The fourth-order valence-corrected chi connectivity index (χ4v) is 3.19. The SMILES string of the molecule is CCCCCCCC(=O)Cl.CCCCCCCC(=O)Sc1ccccn1. The second-order valence-electron chi connectivity index (χ2n) is 6.33. The summed E-state index contributed by atoms with van der Waals surface area (Å²) in [5.74, 6) is 0. The van der Waals surface area contributed by atoms with E-state index in [2.05, 4.69) is 18.8 Å². The Morgan fingerprint density at radius 2 is 1.46 bits per heavy atom. The molecule has 3 nitrogen and oxygen atoms in total. The number of pyridine rings is 1. The van der Waals surface area contributed by atoms with Gasteiger partial charge >= 0.3 is 0 Å². The van der Waals surface area contributed by atoms with E-state index >= 15 is 0 Å². The summed E-state index contributed by atoms with van der Waals surface area (Å²) in [7, 11) is 0. The number of carbonyl (C=O) groups excluding carboxylic acids is 2. The quantitative estimate of drug-likeness (QED) is 0.200. The van der Waals surface area contributed by atoms with Gasteiger partial charge in [0, 0.05) is 19.0 Å². The lowest BCUT2D eigenvalue weighted by molar-refractivity contribution is -0.112. The Hall–Kier alpha value is -0.870. The van der Waals surface area contributed by atoms with Crippen molar-refractivity contribution >= 4 is 33.7 Å². The molecule has 0 N–H and O–H groups in total. The Bertz CT molecular complexity index is 468. The third kappa shape index (κ3) is 17.9. The molecule has 0 saturated carbocycles. The smallest absolute Gasteiger partial charge is 0.221 e. The monoisotopic (exact) mass is 399 g/mol. The van der Waals surface area contributed by atoms with Crippen molar-refractivity contribution in [2.24, 2.45) is 0 Å². The van der Waals surface area contributed by atoms with Gasteiger partial charge in [0.15, 0.2) is 5.12 Å². The number of aromatic nitrogens is 1. The zero-order chi connectivity index (χ0) is 19.5. The van der Waals surface area contributed by atoms with E-state index < -0.39 is 0 Å². The minimum atomic E-state index is -0.198. The number of thioether (sulfide) groups is 1. The number of carbonyl (C=O) groups is 2. The van der Waals surface area contributed by atoms with E-state index in [1.165, 1.54) is 56.7 Å². The molecular weight excluding hydrogens is 366 g/mol. The maximum atomic E-state index is 11.6. The fourth-order valence-electron chi connectivity index (χ4n) is 2.32. The Labute approximate surface area is 168 Å². The van der Waals surface area contributed by atoms with E-state index in [9.17, 15) is 9.59 Å². The molecule has 26 heavy (non-hydrogen) atoms. The van der Waals surface area contributed by atoms with Crippen LogP contribution in [0.3, 0.4) is 0 Å². The van der Waals surface area contributed by atoms with Crippen molar-refractivity contribution in [2.45, 2.75) is 95.9 Å². The largest absolute Gasteiger partial charge is 0.287 e. The minimum absolute atomic E-state index is 0.198. The van der Waals surface area contributed by atoms with E-state index in [0.29, 0.717) is 12.8 Å². The molecule has 0 aliphatic rings. The molecule has 0 radical (unpaired) electrons. The standard InChI is InChI=1S/C13H19NOS.C8H15ClO/c1-2-3-4-5-6-10-13(15)16-12-9-7-8-11-14-12;1-2-3-4-5-6-7-8(9)10/h7-9,11H,2-6,10H2,1H3;2-7H2,1H3. The molecule has 1 aromatic heterocycles. The highest BCUT2D eigenvalue weighted by molar-refractivity contribution is 8.13. The first-order chi connectivity index (χ1) is 12.6. The number of unbranched alkanes of at least 4 members (excludes halogenated alkanes) is 8. The van der Waals surface area contributed by atoms with Crippen LogP contribution >= 0.6 is 23.4 Å². The molecule has 0 saturated heterocycles. The third-order valence-corrected chi connectivity index (χ3v) is 4.89. The van der Waals surface area contributed by atoms with Gasteiger partial charge in [0.05, 0.1) is 0 Å². The summed E-state index contributed by atoms with van der Waals surface area (Å²) >= 11 is 6.41. The molecule has 1 heterocycles. The van der Waals surface area contributed by atoms with E-state index in [1.807, 2.05) is 18.2 Å². The molecule has 1 rings (SSSR count). The molecule has 0 aliphatic carbocycles. The molecule has 0 bridgehead atoms. The summed E-state index contributed by atoms with van der Waals surface area (Å²) in [6, 6.07) is 5.64. The maximum absolute atomic E-state index is 11.6. The zero-order valence-electron chi connectivity index (χ0n) is 16.3. The maximum Gasteiger partial charge on any atom is 0.221 e. The fraction of sp³-hybridized carbons (Fsp3) is 0.667. The van der Waals surface area contributed by atoms with Crippen molar-refractivity contribution in [3.8, 4) is 0 Å². The highest BCUT2D eigenvalue weighted by Gasteiger charge is 2.04. The lowest BCUT2D eigenvalue weighted by Crippen LogP contribution is -1.92. The first kappa shape index (κ1) is 25.1. The summed E-state index contributed by atoms with van der Waals surface area (Å²) in [6.07, 6.45) is 14.8. The number of nitrogens with zero attached hydrogens (tertiary/aromatic N) is 1. The van der Waals surface area contributed by atoms with E-state index in [-0.39, 0.29) is 10.4 Å². The number of halogens is 1. The molecule has 0 spiro atoms. The van der Waals surface area contributed by atoms with Gasteiger partial charge in [-0.15, -0.1) is 0 Å². The van der Waals surface area contributed by atoms with Crippen LogP contribution in [0.2, 0.25) is 0 Å². The average molecular weight is 400 g/mol. The minimum Gasteiger partial charge on any atom is -0.287 e. The van der Waals surface area contributed by atoms with Crippen LogP contribution in [0, 0.1) is 0 Å². The Balaban J connectivity index is 0.000000541. The molecule has 148 valence electrons. The molecule has 0 fully saturated rings. The molecule has 0 aromatic carbocycles. The van der Waals surface area contributed by atoms with E-state index in [4.69, 9.17) is 11.6 Å². The van der Waals surface area contributed by atoms with Gasteiger partial charge in [0.2, 0.25) is 5.24 Å². The summed E-state index contributed by atoms with van der Waals surface area (Å²) in [6.45, 7) is 4.37. The van der Waals surface area contributed by atoms with Crippen LogP contribution in [0.1, 0.15) is 90.9 Å². The van der Waals surface area contributed by atoms with Crippen LogP contribution in [0.4, 0.5) is 0 Å². The predicted octanol–water partition coefficient (Wildman–Crippen LogP) is 7.17. The van der Waals surface area contributed by atoms with Gasteiger partial charge in [-0.2, -0.15) is 0 Å².